The molecule has 2 rings (SSSR count). The molecule has 4 nitrogen and oxygen atoms in total. The molecule has 0 radical (unpaired) electrons. The van der Waals surface area contributed by atoms with Crippen LogP contribution in [0.3, 0.4) is 0 Å². The van der Waals surface area contributed by atoms with Crippen LogP contribution in [-0.2, 0) is 9.53 Å². The predicted octanol–water partition coefficient (Wildman–Crippen LogP) is 4.13. The van der Waals surface area contributed by atoms with Gasteiger partial charge in [0.15, 0.2) is 6.10 Å². The van der Waals surface area contributed by atoms with E-state index in [2.05, 4.69) is 19.2 Å². The number of benzene rings is 2. The summed E-state index contributed by atoms with van der Waals surface area (Å²) in [5, 5.41) is 2.69. The van der Waals surface area contributed by atoms with E-state index in [1.807, 2.05) is 12.1 Å². The van der Waals surface area contributed by atoms with Crippen LogP contribution >= 0.6 is 0 Å². The van der Waals surface area contributed by atoms with Crippen molar-refractivity contribution in [1.82, 2.24) is 0 Å². The van der Waals surface area contributed by atoms with E-state index in [9.17, 15) is 14.0 Å². The number of rotatable bonds is 5. The SMILES string of the molecule is CC(C)c1ccc(NC(=O)[C@@H](C)OC(=O)c2cccc(F)c2)cc1. The van der Waals surface area contributed by atoms with Crippen molar-refractivity contribution in [2.45, 2.75) is 32.8 Å². The lowest BCUT2D eigenvalue weighted by molar-refractivity contribution is -0.123. The third-order valence-electron chi connectivity index (χ3n) is 3.56. The highest BCUT2D eigenvalue weighted by molar-refractivity contribution is 5.97. The van der Waals surface area contributed by atoms with Crippen LogP contribution in [-0.4, -0.2) is 18.0 Å². The van der Waals surface area contributed by atoms with Crippen molar-refractivity contribution >= 4 is 17.6 Å². The molecule has 0 aliphatic heterocycles. The number of carbonyl (C=O) groups excluding carboxylic acids is 2. The molecule has 24 heavy (non-hydrogen) atoms. The third-order valence-corrected chi connectivity index (χ3v) is 3.56. The maximum Gasteiger partial charge on any atom is 0.339 e. The van der Waals surface area contributed by atoms with E-state index in [0.29, 0.717) is 11.6 Å². The third kappa shape index (κ3) is 4.65. The first kappa shape index (κ1) is 17.7. The molecule has 1 atom stereocenters. The van der Waals surface area contributed by atoms with Crippen molar-refractivity contribution in [2.24, 2.45) is 0 Å². The Morgan fingerprint density at radius 3 is 2.29 bits per heavy atom. The van der Waals surface area contributed by atoms with Crippen LogP contribution in [0.1, 0.15) is 42.6 Å². The van der Waals surface area contributed by atoms with Gasteiger partial charge in [-0.25, -0.2) is 9.18 Å². The first-order chi connectivity index (χ1) is 11.4. The fourth-order valence-electron chi connectivity index (χ4n) is 2.09. The summed E-state index contributed by atoms with van der Waals surface area (Å²) in [4.78, 5) is 24.0. The summed E-state index contributed by atoms with van der Waals surface area (Å²) in [7, 11) is 0. The number of carbonyl (C=O) groups is 2. The van der Waals surface area contributed by atoms with Gasteiger partial charge in [0.05, 0.1) is 5.56 Å². The lowest BCUT2D eigenvalue weighted by Crippen LogP contribution is -2.30. The molecule has 1 amide bonds. The topological polar surface area (TPSA) is 55.4 Å². The number of ether oxygens (including phenoxy) is 1. The van der Waals surface area contributed by atoms with Crippen LogP contribution in [0.2, 0.25) is 0 Å². The molecule has 0 spiro atoms. The zero-order chi connectivity index (χ0) is 17.7. The molecular weight excluding hydrogens is 309 g/mol. The summed E-state index contributed by atoms with van der Waals surface area (Å²) in [5.41, 5.74) is 1.85. The number of nitrogens with one attached hydrogen (secondary N) is 1. The standard InChI is InChI=1S/C19H20FNO3/c1-12(2)14-7-9-17(10-8-14)21-18(22)13(3)24-19(23)15-5-4-6-16(20)11-15/h4-13H,1-3H3,(H,21,22)/t13-/m1/s1. The van der Waals surface area contributed by atoms with E-state index in [1.165, 1.54) is 30.7 Å². The minimum atomic E-state index is -0.995. The Morgan fingerprint density at radius 1 is 1.04 bits per heavy atom. The number of anilines is 1. The van der Waals surface area contributed by atoms with Crippen LogP contribution in [0, 0.1) is 5.82 Å². The van der Waals surface area contributed by atoms with Crippen molar-refractivity contribution in [1.29, 1.82) is 0 Å². The molecule has 1 N–H and O–H groups in total. The molecule has 0 aromatic heterocycles. The molecule has 5 heteroatoms. The van der Waals surface area contributed by atoms with Gasteiger partial charge in [-0.2, -0.15) is 0 Å². The summed E-state index contributed by atoms with van der Waals surface area (Å²) in [5.74, 6) is -1.32. The smallest absolute Gasteiger partial charge is 0.339 e. The zero-order valence-corrected chi connectivity index (χ0v) is 13.9. The van der Waals surface area contributed by atoms with Gasteiger partial charge in [-0.1, -0.05) is 32.0 Å². The van der Waals surface area contributed by atoms with Crippen molar-refractivity contribution in [3.05, 3.63) is 65.5 Å². The lowest BCUT2D eigenvalue weighted by Gasteiger charge is -2.14. The normalized spacial score (nSPS) is 11.9. The minimum Gasteiger partial charge on any atom is -0.449 e. The Kier molecular flexibility index (Phi) is 5.68. The van der Waals surface area contributed by atoms with Gasteiger partial charge in [-0.3, -0.25) is 4.79 Å². The molecular formula is C19H20FNO3. The van der Waals surface area contributed by atoms with Crippen molar-refractivity contribution in [3.63, 3.8) is 0 Å². The van der Waals surface area contributed by atoms with Crippen LogP contribution in [0.25, 0.3) is 0 Å². The van der Waals surface area contributed by atoms with Gasteiger partial charge in [0.1, 0.15) is 5.82 Å². The molecule has 0 heterocycles. The monoisotopic (exact) mass is 329 g/mol. The van der Waals surface area contributed by atoms with E-state index in [-0.39, 0.29) is 5.56 Å². The van der Waals surface area contributed by atoms with E-state index in [0.717, 1.165) is 6.07 Å². The number of hydrogen-bond acceptors (Lipinski definition) is 3. The molecule has 0 unspecified atom stereocenters. The minimum absolute atomic E-state index is 0.0657. The van der Waals surface area contributed by atoms with Crippen molar-refractivity contribution in [2.75, 3.05) is 5.32 Å². The number of amides is 1. The highest BCUT2D eigenvalue weighted by Crippen LogP contribution is 2.17. The maximum absolute atomic E-state index is 13.1. The molecule has 0 saturated carbocycles. The Bertz CT molecular complexity index is 726. The van der Waals surface area contributed by atoms with Gasteiger partial charge >= 0.3 is 5.97 Å². The number of esters is 1. The van der Waals surface area contributed by atoms with Crippen molar-refractivity contribution in [3.8, 4) is 0 Å². The van der Waals surface area contributed by atoms with Gasteiger partial charge in [-0.05, 0) is 48.7 Å². The highest BCUT2D eigenvalue weighted by atomic mass is 19.1. The highest BCUT2D eigenvalue weighted by Gasteiger charge is 2.19. The summed E-state index contributed by atoms with van der Waals surface area (Å²) in [6, 6.07) is 12.6. The average Bonchev–Trinajstić information content (AvgIpc) is 2.55. The van der Waals surface area contributed by atoms with E-state index in [4.69, 9.17) is 4.74 Å². The Hall–Kier alpha value is -2.69. The summed E-state index contributed by atoms with van der Waals surface area (Å²) < 4.78 is 18.2. The maximum atomic E-state index is 13.1. The molecule has 0 fully saturated rings. The fraction of sp³-hybridized carbons (Fsp3) is 0.263. The molecule has 2 aromatic rings. The lowest BCUT2D eigenvalue weighted by atomic mass is 10.0. The number of halogens is 1. The fourth-order valence-corrected chi connectivity index (χ4v) is 2.09. The summed E-state index contributed by atoms with van der Waals surface area (Å²) in [6.07, 6.45) is -0.995. The quantitative estimate of drug-likeness (QED) is 0.839. The van der Waals surface area contributed by atoms with Crippen LogP contribution in [0.5, 0.6) is 0 Å². The zero-order valence-electron chi connectivity index (χ0n) is 13.9. The van der Waals surface area contributed by atoms with Crippen LogP contribution < -0.4 is 5.32 Å². The second kappa shape index (κ2) is 7.73. The van der Waals surface area contributed by atoms with Crippen LogP contribution in [0.4, 0.5) is 10.1 Å². The molecule has 126 valence electrons. The first-order valence-electron chi connectivity index (χ1n) is 7.74. The predicted molar refractivity (Wildman–Crippen MR) is 90.4 cm³/mol. The summed E-state index contributed by atoms with van der Waals surface area (Å²) in [6.45, 7) is 5.64. The summed E-state index contributed by atoms with van der Waals surface area (Å²) >= 11 is 0. The molecule has 0 aliphatic carbocycles. The largest absolute Gasteiger partial charge is 0.449 e. The van der Waals surface area contributed by atoms with Crippen molar-refractivity contribution < 1.29 is 18.7 Å². The van der Waals surface area contributed by atoms with Crippen LogP contribution in [0.15, 0.2) is 48.5 Å². The Balaban J connectivity index is 1.95. The molecule has 0 saturated heterocycles. The van der Waals surface area contributed by atoms with Gasteiger partial charge in [0.2, 0.25) is 0 Å². The first-order valence-corrected chi connectivity index (χ1v) is 7.74. The molecule has 0 aliphatic rings. The average molecular weight is 329 g/mol. The van der Waals surface area contributed by atoms with E-state index in [1.54, 1.807) is 12.1 Å². The van der Waals surface area contributed by atoms with E-state index < -0.39 is 23.8 Å². The van der Waals surface area contributed by atoms with E-state index >= 15 is 0 Å². The second-order valence-corrected chi connectivity index (χ2v) is 5.82. The Labute approximate surface area is 140 Å². The number of hydrogen-bond donors (Lipinski definition) is 1. The molecule has 2 aromatic carbocycles. The van der Waals surface area contributed by atoms with Gasteiger partial charge in [0.25, 0.3) is 5.91 Å². The molecule has 0 bridgehead atoms. The second-order valence-electron chi connectivity index (χ2n) is 5.82. The Morgan fingerprint density at radius 2 is 1.71 bits per heavy atom. The van der Waals surface area contributed by atoms with Gasteiger partial charge in [0, 0.05) is 5.69 Å². The van der Waals surface area contributed by atoms with Gasteiger partial charge < -0.3 is 10.1 Å². The van der Waals surface area contributed by atoms with Gasteiger partial charge in [-0.15, -0.1) is 0 Å².